The maximum atomic E-state index is 10.4. The van der Waals surface area contributed by atoms with Crippen LogP contribution in [-0.2, 0) is 6.42 Å². The molecule has 1 aliphatic rings. The molecule has 0 aromatic heterocycles. The van der Waals surface area contributed by atoms with Crippen molar-refractivity contribution in [1.82, 2.24) is 0 Å². The Morgan fingerprint density at radius 2 is 1.19 bits per heavy atom. The van der Waals surface area contributed by atoms with Crippen molar-refractivity contribution in [2.45, 2.75) is 159 Å². The summed E-state index contributed by atoms with van der Waals surface area (Å²) in [7, 11) is 0. The van der Waals surface area contributed by atoms with E-state index in [4.69, 9.17) is 4.74 Å². The fraction of sp³-hybridized carbons (Fsp3) is 0.692. The van der Waals surface area contributed by atoms with E-state index in [-0.39, 0.29) is 5.60 Å². The molecule has 3 nitrogen and oxygen atoms in total. The molecule has 3 heteroatoms. The number of hydrogen-bond acceptors (Lipinski definition) is 3. The Bertz CT molecular complexity index is 1140. The molecule has 0 saturated heterocycles. The third-order valence-corrected chi connectivity index (χ3v) is 10.2. The van der Waals surface area contributed by atoms with Crippen molar-refractivity contribution in [1.29, 1.82) is 0 Å². The van der Waals surface area contributed by atoms with Gasteiger partial charge in [0.1, 0.15) is 22.8 Å². The molecule has 1 unspecified atom stereocenters. The van der Waals surface area contributed by atoms with Gasteiger partial charge in [0.2, 0.25) is 0 Å². The van der Waals surface area contributed by atoms with Gasteiger partial charge in [-0.1, -0.05) is 78.7 Å². The number of phenols is 2. The zero-order valence-corrected chi connectivity index (χ0v) is 29.4. The standard InChI is InChI=1S/C29H50O2.C10H14O/c1-20(2)12-9-13-21(3)14-10-15-22(4)16-11-18-29(8)19-17-26-25(7)27(30)23(5)24(6)28(26)31-29;1-6-5-7(2)10(11)9(4)8(6)3/h20-22,30H,9-19H2,1-8H3;5,11H,1-4H3/t21-,22-,29?;/m1./s1. The molecule has 1 heterocycles. The SMILES string of the molecule is Cc1c(C)c2c(c(C)c1O)CCC(C)(CCC[C@H](C)CCC[C@H](C)CCCC(C)C)O2.Cc1cc(C)c(O)c(C)c1C. The maximum Gasteiger partial charge on any atom is 0.127 e. The van der Waals surface area contributed by atoms with E-state index in [0.29, 0.717) is 11.5 Å². The zero-order chi connectivity index (χ0) is 31.8. The van der Waals surface area contributed by atoms with Crippen LogP contribution in [0.15, 0.2) is 6.07 Å². The van der Waals surface area contributed by atoms with Crippen LogP contribution in [0.3, 0.4) is 0 Å². The van der Waals surface area contributed by atoms with Crippen molar-refractivity contribution in [2.75, 3.05) is 0 Å². The van der Waals surface area contributed by atoms with Crippen LogP contribution in [0, 0.1) is 66.2 Å². The molecular weight excluding hydrogens is 516 g/mol. The molecule has 0 bridgehead atoms. The van der Waals surface area contributed by atoms with Crippen molar-refractivity contribution >= 4 is 0 Å². The van der Waals surface area contributed by atoms with Crippen molar-refractivity contribution in [3.8, 4) is 17.2 Å². The van der Waals surface area contributed by atoms with Gasteiger partial charge in [-0.15, -0.1) is 0 Å². The molecule has 0 spiro atoms. The highest BCUT2D eigenvalue weighted by molar-refractivity contribution is 5.58. The summed E-state index contributed by atoms with van der Waals surface area (Å²) in [6.07, 6.45) is 14.1. The van der Waals surface area contributed by atoms with Crippen LogP contribution in [0.2, 0.25) is 0 Å². The van der Waals surface area contributed by atoms with E-state index >= 15 is 0 Å². The van der Waals surface area contributed by atoms with Crippen LogP contribution >= 0.6 is 0 Å². The summed E-state index contributed by atoms with van der Waals surface area (Å²) in [5, 5.41) is 19.9. The Morgan fingerprint density at radius 1 is 0.667 bits per heavy atom. The summed E-state index contributed by atoms with van der Waals surface area (Å²) in [5.74, 6) is 4.47. The first-order chi connectivity index (χ1) is 19.6. The number of fused-ring (bicyclic) bond motifs is 1. The predicted molar refractivity (Wildman–Crippen MR) is 181 cm³/mol. The van der Waals surface area contributed by atoms with Gasteiger partial charge in [0.25, 0.3) is 0 Å². The fourth-order valence-electron chi connectivity index (χ4n) is 6.54. The Labute approximate surface area is 259 Å². The monoisotopic (exact) mass is 580 g/mol. The second-order valence-electron chi connectivity index (χ2n) is 14.6. The molecule has 0 aliphatic carbocycles. The van der Waals surface area contributed by atoms with Gasteiger partial charge in [0.15, 0.2) is 0 Å². The van der Waals surface area contributed by atoms with Crippen molar-refractivity contribution < 1.29 is 14.9 Å². The molecule has 42 heavy (non-hydrogen) atoms. The van der Waals surface area contributed by atoms with Crippen LogP contribution in [0.4, 0.5) is 0 Å². The summed E-state index contributed by atoms with van der Waals surface area (Å²) in [6.45, 7) is 25.9. The van der Waals surface area contributed by atoms with Crippen LogP contribution in [-0.4, -0.2) is 15.8 Å². The molecule has 2 N–H and O–H groups in total. The first kappa shape index (κ1) is 36.0. The lowest BCUT2D eigenvalue weighted by Gasteiger charge is -2.38. The molecule has 0 radical (unpaired) electrons. The minimum atomic E-state index is -0.0712. The molecule has 3 atom stereocenters. The van der Waals surface area contributed by atoms with Crippen molar-refractivity contribution in [3.63, 3.8) is 0 Å². The Morgan fingerprint density at radius 3 is 1.76 bits per heavy atom. The number of phenolic OH excluding ortho intramolecular Hbond substituents is 2. The molecule has 0 saturated carbocycles. The van der Waals surface area contributed by atoms with E-state index in [2.05, 4.69) is 48.5 Å². The van der Waals surface area contributed by atoms with E-state index in [1.165, 1.54) is 68.1 Å². The van der Waals surface area contributed by atoms with Gasteiger partial charge < -0.3 is 14.9 Å². The third kappa shape index (κ3) is 9.95. The molecular formula is C39H64O3. The van der Waals surface area contributed by atoms with Crippen LogP contribution in [0.5, 0.6) is 17.2 Å². The van der Waals surface area contributed by atoms with E-state index in [0.717, 1.165) is 70.6 Å². The van der Waals surface area contributed by atoms with E-state index < -0.39 is 0 Å². The molecule has 0 amide bonds. The number of benzene rings is 2. The van der Waals surface area contributed by atoms with Gasteiger partial charge in [-0.25, -0.2) is 0 Å². The Hall–Kier alpha value is -2.16. The second kappa shape index (κ2) is 16.1. The van der Waals surface area contributed by atoms with Crippen LogP contribution < -0.4 is 4.74 Å². The third-order valence-electron chi connectivity index (χ3n) is 10.2. The highest BCUT2D eigenvalue weighted by atomic mass is 16.5. The summed E-state index contributed by atoms with van der Waals surface area (Å²) in [6, 6.07) is 2.01. The molecule has 1 aliphatic heterocycles. The molecule has 2 aromatic carbocycles. The topological polar surface area (TPSA) is 49.7 Å². The average molecular weight is 581 g/mol. The summed E-state index contributed by atoms with van der Waals surface area (Å²) in [4.78, 5) is 0. The van der Waals surface area contributed by atoms with Crippen LogP contribution in [0.1, 0.15) is 143 Å². The maximum absolute atomic E-state index is 10.4. The van der Waals surface area contributed by atoms with Crippen LogP contribution in [0.25, 0.3) is 0 Å². The smallest absolute Gasteiger partial charge is 0.127 e. The molecule has 238 valence electrons. The van der Waals surface area contributed by atoms with Crippen molar-refractivity contribution in [2.24, 2.45) is 17.8 Å². The number of rotatable bonds is 12. The average Bonchev–Trinajstić information content (AvgIpc) is 2.92. The van der Waals surface area contributed by atoms with Gasteiger partial charge in [0, 0.05) is 5.56 Å². The van der Waals surface area contributed by atoms with Gasteiger partial charge in [0.05, 0.1) is 0 Å². The normalized spacial score (nSPS) is 17.7. The molecule has 2 aromatic rings. The Kier molecular flexibility index (Phi) is 13.8. The number of ether oxygens (including phenoxy) is 1. The van der Waals surface area contributed by atoms with Gasteiger partial charge in [-0.2, -0.15) is 0 Å². The second-order valence-corrected chi connectivity index (χ2v) is 14.6. The highest BCUT2D eigenvalue weighted by Crippen LogP contribution is 2.44. The molecule has 0 fully saturated rings. The first-order valence-electron chi connectivity index (χ1n) is 16.8. The predicted octanol–water partition coefficient (Wildman–Crippen LogP) is 11.5. The zero-order valence-electron chi connectivity index (χ0n) is 29.4. The number of hydrogen-bond donors (Lipinski definition) is 2. The van der Waals surface area contributed by atoms with E-state index in [1.54, 1.807) is 0 Å². The lowest BCUT2D eigenvalue weighted by Crippen LogP contribution is -2.37. The van der Waals surface area contributed by atoms with Gasteiger partial charge in [-0.3, -0.25) is 0 Å². The van der Waals surface area contributed by atoms with Gasteiger partial charge >= 0.3 is 0 Å². The lowest BCUT2D eigenvalue weighted by atomic mass is 9.84. The number of aryl methyl sites for hydroxylation is 2. The Balaban J connectivity index is 0.000000468. The minimum Gasteiger partial charge on any atom is -0.507 e. The summed E-state index contributed by atoms with van der Waals surface area (Å²) >= 11 is 0. The summed E-state index contributed by atoms with van der Waals surface area (Å²) < 4.78 is 6.60. The lowest BCUT2D eigenvalue weighted by molar-refractivity contribution is 0.0512. The largest absolute Gasteiger partial charge is 0.507 e. The van der Waals surface area contributed by atoms with E-state index in [1.807, 2.05) is 40.7 Å². The first-order valence-corrected chi connectivity index (χ1v) is 16.8. The summed E-state index contributed by atoms with van der Waals surface area (Å²) in [5.41, 5.74) is 8.63. The highest BCUT2D eigenvalue weighted by Gasteiger charge is 2.34. The van der Waals surface area contributed by atoms with Crippen molar-refractivity contribution in [3.05, 3.63) is 50.6 Å². The fourth-order valence-corrected chi connectivity index (χ4v) is 6.54. The van der Waals surface area contributed by atoms with E-state index in [9.17, 15) is 10.2 Å². The number of aromatic hydroxyl groups is 2. The molecule has 3 rings (SSSR count). The minimum absolute atomic E-state index is 0.0712. The van der Waals surface area contributed by atoms with Gasteiger partial charge in [-0.05, 0) is 138 Å². The quantitative estimate of drug-likeness (QED) is 0.262.